The number of hydrogen-bond acceptors (Lipinski definition) is 3. The minimum Gasteiger partial charge on any atom is -0.466 e. The lowest BCUT2D eigenvalue weighted by Gasteiger charge is -2.49. The average Bonchev–Trinajstić information content (AvgIpc) is 2.84. The molecule has 0 radical (unpaired) electrons. The van der Waals surface area contributed by atoms with Gasteiger partial charge in [-0.1, -0.05) is 79.9 Å². The van der Waals surface area contributed by atoms with Crippen LogP contribution in [-0.4, -0.2) is 5.25 Å². The maximum atomic E-state index is 5.51. The smallest absolute Gasteiger partial charge is 0.126 e. The van der Waals surface area contributed by atoms with E-state index in [0.717, 1.165) is 11.5 Å². The SMILES string of the molecule is C=COc1ccc(C2(c3ccc(OC=C)cc3)c3ccccc3SC3C=CC=CC32)cc1. The second-order valence-electron chi connectivity index (χ2n) is 7.80. The van der Waals surface area contributed by atoms with Crippen LogP contribution in [0.4, 0.5) is 0 Å². The van der Waals surface area contributed by atoms with Crippen LogP contribution in [0.1, 0.15) is 16.7 Å². The van der Waals surface area contributed by atoms with E-state index in [4.69, 9.17) is 9.47 Å². The van der Waals surface area contributed by atoms with E-state index in [1.165, 1.54) is 34.1 Å². The molecule has 1 heterocycles. The van der Waals surface area contributed by atoms with Gasteiger partial charge in [-0.25, -0.2) is 0 Å². The number of hydrogen-bond donors (Lipinski definition) is 0. The highest BCUT2D eigenvalue weighted by Gasteiger charge is 2.50. The minimum atomic E-state index is -0.354. The first-order chi connectivity index (χ1) is 15.8. The predicted octanol–water partition coefficient (Wildman–Crippen LogP) is 7.28. The van der Waals surface area contributed by atoms with Crippen molar-refractivity contribution in [3.05, 3.63) is 139 Å². The van der Waals surface area contributed by atoms with Crippen LogP contribution >= 0.6 is 11.8 Å². The van der Waals surface area contributed by atoms with Gasteiger partial charge >= 0.3 is 0 Å². The van der Waals surface area contributed by atoms with Crippen molar-refractivity contribution in [3.63, 3.8) is 0 Å². The molecular formula is C29H24O2S. The van der Waals surface area contributed by atoms with Gasteiger partial charge in [0.2, 0.25) is 0 Å². The molecule has 0 saturated heterocycles. The molecule has 0 spiro atoms. The van der Waals surface area contributed by atoms with E-state index in [2.05, 4.69) is 86.0 Å². The van der Waals surface area contributed by atoms with E-state index in [-0.39, 0.29) is 11.3 Å². The molecule has 2 nitrogen and oxygen atoms in total. The van der Waals surface area contributed by atoms with Crippen LogP contribution in [-0.2, 0) is 5.41 Å². The summed E-state index contributed by atoms with van der Waals surface area (Å²) in [5.41, 5.74) is 3.43. The summed E-state index contributed by atoms with van der Waals surface area (Å²) in [5.74, 6) is 1.82. The largest absolute Gasteiger partial charge is 0.466 e. The number of thioether (sulfide) groups is 1. The molecule has 0 amide bonds. The van der Waals surface area contributed by atoms with Gasteiger partial charge in [0, 0.05) is 16.1 Å². The van der Waals surface area contributed by atoms with Gasteiger partial charge in [-0.3, -0.25) is 0 Å². The fourth-order valence-electron chi connectivity index (χ4n) is 4.96. The highest BCUT2D eigenvalue weighted by atomic mass is 32.2. The van der Waals surface area contributed by atoms with Gasteiger partial charge in [-0.05, 0) is 47.0 Å². The van der Waals surface area contributed by atoms with E-state index >= 15 is 0 Å². The highest BCUT2D eigenvalue weighted by molar-refractivity contribution is 8.00. The van der Waals surface area contributed by atoms with Gasteiger partial charge in [0.1, 0.15) is 11.5 Å². The summed E-state index contributed by atoms with van der Waals surface area (Å²) in [5, 5.41) is 0.336. The first-order valence-electron chi connectivity index (χ1n) is 10.6. The van der Waals surface area contributed by atoms with Crippen molar-refractivity contribution in [1.29, 1.82) is 0 Å². The lowest BCUT2D eigenvalue weighted by Crippen LogP contribution is -2.45. The van der Waals surface area contributed by atoms with Gasteiger partial charge in [0.15, 0.2) is 0 Å². The molecule has 1 aliphatic heterocycles. The van der Waals surface area contributed by atoms with Gasteiger partial charge in [-0.15, -0.1) is 11.8 Å². The lowest BCUT2D eigenvalue weighted by atomic mass is 9.60. The van der Waals surface area contributed by atoms with Crippen LogP contribution in [0.3, 0.4) is 0 Å². The maximum Gasteiger partial charge on any atom is 0.126 e. The number of benzene rings is 3. The molecule has 3 heteroatoms. The molecule has 0 fully saturated rings. The molecule has 0 saturated carbocycles. The van der Waals surface area contributed by atoms with Crippen molar-refractivity contribution < 1.29 is 9.47 Å². The standard InChI is InChI=1S/C29H24O2S/c1-3-30-23-17-13-21(14-18-23)29(22-15-19-24(20-16-22)31-4-2)25-9-5-7-11-27(25)32-28-12-8-6-10-26(28)29/h3-20,25,27H,1-2H2. The quantitative estimate of drug-likeness (QED) is 0.378. The summed E-state index contributed by atoms with van der Waals surface area (Å²) >= 11 is 1.94. The van der Waals surface area contributed by atoms with Crippen LogP contribution in [0.25, 0.3) is 0 Å². The first kappa shape index (κ1) is 20.5. The zero-order valence-electron chi connectivity index (χ0n) is 17.7. The van der Waals surface area contributed by atoms with E-state index in [9.17, 15) is 0 Å². The Bertz CT molecular complexity index is 1140. The molecule has 5 rings (SSSR count). The zero-order chi connectivity index (χ0) is 22.0. The topological polar surface area (TPSA) is 18.5 Å². The summed E-state index contributed by atoms with van der Waals surface area (Å²) in [6.45, 7) is 7.35. The van der Waals surface area contributed by atoms with Crippen molar-refractivity contribution >= 4 is 11.8 Å². The van der Waals surface area contributed by atoms with E-state index in [1.54, 1.807) is 0 Å². The first-order valence-corrected chi connectivity index (χ1v) is 11.5. The van der Waals surface area contributed by atoms with E-state index in [1.807, 2.05) is 36.0 Å². The zero-order valence-corrected chi connectivity index (χ0v) is 18.5. The van der Waals surface area contributed by atoms with E-state index < -0.39 is 0 Å². The lowest BCUT2D eigenvalue weighted by molar-refractivity contribution is 0.436. The Hall–Kier alpha value is -3.43. The Kier molecular flexibility index (Phi) is 5.50. The van der Waals surface area contributed by atoms with Crippen molar-refractivity contribution in [3.8, 4) is 11.5 Å². The number of rotatable bonds is 6. The van der Waals surface area contributed by atoms with Crippen molar-refractivity contribution in [2.45, 2.75) is 15.6 Å². The van der Waals surface area contributed by atoms with Crippen molar-refractivity contribution in [2.75, 3.05) is 0 Å². The average molecular weight is 437 g/mol. The molecule has 3 aromatic carbocycles. The van der Waals surface area contributed by atoms with Crippen LogP contribution in [0.2, 0.25) is 0 Å². The van der Waals surface area contributed by atoms with Crippen molar-refractivity contribution in [2.24, 2.45) is 5.92 Å². The van der Waals surface area contributed by atoms with Gasteiger partial charge < -0.3 is 9.47 Å². The van der Waals surface area contributed by atoms with Crippen molar-refractivity contribution in [1.82, 2.24) is 0 Å². The van der Waals surface area contributed by atoms with Crippen LogP contribution in [0.15, 0.2) is 128 Å². The third kappa shape index (κ3) is 3.30. The molecule has 0 N–H and O–H groups in total. The Balaban J connectivity index is 1.79. The number of ether oxygens (including phenoxy) is 2. The van der Waals surface area contributed by atoms with Gasteiger partial charge in [0.05, 0.1) is 17.9 Å². The fraction of sp³-hybridized carbons (Fsp3) is 0.103. The predicted molar refractivity (Wildman–Crippen MR) is 132 cm³/mol. The third-order valence-electron chi connectivity index (χ3n) is 6.22. The molecule has 158 valence electrons. The molecule has 3 aromatic rings. The summed E-state index contributed by atoms with van der Waals surface area (Å²) < 4.78 is 11.0. The number of allylic oxidation sites excluding steroid dienone is 3. The Morgan fingerprint density at radius 2 is 1.28 bits per heavy atom. The van der Waals surface area contributed by atoms with Crippen LogP contribution in [0, 0.1) is 5.92 Å². The highest BCUT2D eigenvalue weighted by Crippen LogP contribution is 2.57. The Morgan fingerprint density at radius 1 is 0.719 bits per heavy atom. The molecule has 2 unspecified atom stereocenters. The summed E-state index contributed by atoms with van der Waals surface area (Å²) in [4.78, 5) is 1.31. The second-order valence-corrected chi connectivity index (χ2v) is 9.02. The Labute approximate surface area is 193 Å². The normalized spacial score (nSPS) is 20.0. The minimum absolute atomic E-state index is 0.254. The second kappa shape index (κ2) is 8.60. The molecule has 0 bridgehead atoms. The fourth-order valence-corrected chi connectivity index (χ4v) is 6.38. The van der Waals surface area contributed by atoms with Crippen LogP contribution < -0.4 is 9.47 Å². The molecule has 0 aromatic heterocycles. The number of fused-ring (bicyclic) bond motifs is 2. The Morgan fingerprint density at radius 3 is 1.88 bits per heavy atom. The molecular weight excluding hydrogens is 412 g/mol. The summed E-state index contributed by atoms with van der Waals surface area (Å²) in [7, 11) is 0. The molecule has 32 heavy (non-hydrogen) atoms. The van der Waals surface area contributed by atoms with Gasteiger partial charge in [0.25, 0.3) is 0 Å². The molecule has 1 aliphatic carbocycles. The van der Waals surface area contributed by atoms with Gasteiger partial charge in [-0.2, -0.15) is 0 Å². The van der Waals surface area contributed by atoms with Crippen LogP contribution in [0.5, 0.6) is 11.5 Å². The monoisotopic (exact) mass is 436 g/mol. The third-order valence-corrected chi connectivity index (χ3v) is 7.55. The molecule has 2 aliphatic rings. The summed E-state index contributed by atoms with van der Waals surface area (Å²) in [6.07, 6.45) is 11.9. The molecule has 2 atom stereocenters. The summed E-state index contributed by atoms with van der Waals surface area (Å²) in [6, 6.07) is 25.6. The van der Waals surface area contributed by atoms with E-state index in [0.29, 0.717) is 5.25 Å². The maximum absolute atomic E-state index is 5.51.